The van der Waals surface area contributed by atoms with Gasteiger partial charge in [0, 0.05) is 11.5 Å². The van der Waals surface area contributed by atoms with Gasteiger partial charge in [-0.25, -0.2) is 8.78 Å². The van der Waals surface area contributed by atoms with Gasteiger partial charge in [-0.15, -0.1) is 12.4 Å². The van der Waals surface area contributed by atoms with Gasteiger partial charge in [0.15, 0.2) is 0 Å². The molecule has 0 spiro atoms. The summed E-state index contributed by atoms with van der Waals surface area (Å²) in [6.45, 7) is 3.49. The Balaban J connectivity index is 0.00000220. The summed E-state index contributed by atoms with van der Waals surface area (Å²) >= 11 is 0. The summed E-state index contributed by atoms with van der Waals surface area (Å²) in [5, 5.41) is 6.04. The Kier molecular flexibility index (Phi) is 7.05. The van der Waals surface area contributed by atoms with E-state index in [9.17, 15) is 13.6 Å². The Bertz CT molecular complexity index is 479. The Morgan fingerprint density at radius 1 is 1.38 bits per heavy atom. The maximum absolute atomic E-state index is 13.8. The minimum absolute atomic E-state index is 0. The molecule has 2 N–H and O–H groups in total. The summed E-state index contributed by atoms with van der Waals surface area (Å²) in [4.78, 5) is 12.2. The first-order valence-corrected chi connectivity index (χ1v) is 7.08. The summed E-state index contributed by atoms with van der Waals surface area (Å²) in [6.07, 6.45) is 2.10. The number of rotatable bonds is 4. The van der Waals surface area contributed by atoms with E-state index < -0.39 is 17.7 Å². The number of hydrogen-bond acceptors (Lipinski definition) is 2. The van der Waals surface area contributed by atoms with Crippen LogP contribution in [-0.2, 0) is 4.79 Å². The molecule has 21 heavy (non-hydrogen) atoms. The Labute approximate surface area is 129 Å². The van der Waals surface area contributed by atoms with Crippen molar-refractivity contribution >= 4 is 18.3 Å². The van der Waals surface area contributed by atoms with Crippen molar-refractivity contribution in [1.82, 2.24) is 10.6 Å². The van der Waals surface area contributed by atoms with Gasteiger partial charge in [-0.1, -0.05) is 6.92 Å². The van der Waals surface area contributed by atoms with Crippen molar-refractivity contribution in [2.75, 3.05) is 13.1 Å². The van der Waals surface area contributed by atoms with E-state index in [0.29, 0.717) is 6.42 Å². The van der Waals surface area contributed by atoms with Crippen LogP contribution in [0.15, 0.2) is 18.2 Å². The van der Waals surface area contributed by atoms with Crippen molar-refractivity contribution in [3.05, 3.63) is 35.4 Å². The zero-order chi connectivity index (χ0) is 14.5. The van der Waals surface area contributed by atoms with E-state index in [0.717, 1.165) is 44.1 Å². The summed E-state index contributed by atoms with van der Waals surface area (Å²) in [5.74, 6) is -1.08. The first-order chi connectivity index (χ1) is 9.61. The number of hydrogen-bond donors (Lipinski definition) is 2. The van der Waals surface area contributed by atoms with Crippen LogP contribution < -0.4 is 10.6 Å². The highest BCUT2D eigenvalue weighted by Crippen LogP contribution is 2.22. The van der Waals surface area contributed by atoms with Gasteiger partial charge in [0.25, 0.3) is 0 Å². The number of carbonyl (C=O) groups is 1. The van der Waals surface area contributed by atoms with Crippen molar-refractivity contribution in [1.29, 1.82) is 0 Å². The van der Waals surface area contributed by atoms with Crippen LogP contribution in [0.4, 0.5) is 8.78 Å². The average molecular weight is 319 g/mol. The van der Waals surface area contributed by atoms with Crippen LogP contribution >= 0.6 is 12.4 Å². The molecule has 1 amide bonds. The normalized spacial score (nSPS) is 16.9. The number of carbonyl (C=O) groups excluding carboxylic acids is 1. The van der Waals surface area contributed by atoms with Gasteiger partial charge in [0.2, 0.25) is 5.91 Å². The molecule has 0 aromatic heterocycles. The zero-order valence-corrected chi connectivity index (χ0v) is 12.8. The van der Waals surface area contributed by atoms with Crippen LogP contribution in [0.1, 0.15) is 37.8 Å². The van der Waals surface area contributed by atoms with Crippen molar-refractivity contribution < 1.29 is 13.6 Å². The molecular weight excluding hydrogens is 298 g/mol. The van der Waals surface area contributed by atoms with E-state index >= 15 is 0 Å². The number of nitrogens with one attached hydrogen (secondary N) is 2. The predicted molar refractivity (Wildman–Crippen MR) is 80.4 cm³/mol. The third-order valence-electron chi connectivity index (χ3n) is 3.77. The molecule has 2 rings (SSSR count). The van der Waals surface area contributed by atoms with Crippen LogP contribution in [0, 0.1) is 17.6 Å². The van der Waals surface area contributed by atoms with E-state index in [1.54, 1.807) is 0 Å². The lowest BCUT2D eigenvalue weighted by molar-refractivity contribution is -0.126. The van der Waals surface area contributed by atoms with Crippen molar-refractivity contribution in [3.63, 3.8) is 0 Å². The minimum atomic E-state index is -0.490. The summed E-state index contributed by atoms with van der Waals surface area (Å²) in [6, 6.07) is 2.87. The quantitative estimate of drug-likeness (QED) is 0.896. The molecule has 0 radical (unpaired) electrons. The number of benzene rings is 1. The number of halogens is 3. The molecule has 0 saturated carbocycles. The molecule has 0 aliphatic carbocycles. The van der Waals surface area contributed by atoms with Gasteiger partial charge in [-0.05, 0) is 50.6 Å². The number of piperidine rings is 1. The lowest BCUT2D eigenvalue weighted by Crippen LogP contribution is -2.39. The Morgan fingerprint density at radius 3 is 2.67 bits per heavy atom. The average Bonchev–Trinajstić information content (AvgIpc) is 2.48. The number of amides is 1. The monoisotopic (exact) mass is 318 g/mol. The standard InChI is InChI=1S/C15H20F2N2O.ClH/c1-2-14(12-9-11(16)3-4-13(12)17)19-15(20)10-5-7-18-8-6-10;/h3-4,9-10,14,18H,2,5-8H2,1H3,(H,19,20);1H. The molecule has 1 aliphatic rings. The summed E-state index contributed by atoms with van der Waals surface area (Å²) in [7, 11) is 0. The smallest absolute Gasteiger partial charge is 0.223 e. The second kappa shape index (κ2) is 8.29. The molecular formula is C15H21ClF2N2O. The molecule has 118 valence electrons. The second-order valence-corrected chi connectivity index (χ2v) is 5.16. The van der Waals surface area contributed by atoms with Crippen LogP contribution in [0.3, 0.4) is 0 Å². The van der Waals surface area contributed by atoms with Gasteiger partial charge >= 0.3 is 0 Å². The fourth-order valence-corrected chi connectivity index (χ4v) is 2.56. The SMILES string of the molecule is CCC(NC(=O)C1CCNCC1)c1cc(F)ccc1F.Cl. The topological polar surface area (TPSA) is 41.1 Å². The van der Waals surface area contributed by atoms with Crippen LogP contribution in [0.2, 0.25) is 0 Å². The molecule has 0 bridgehead atoms. The van der Waals surface area contributed by atoms with Gasteiger partial charge < -0.3 is 10.6 Å². The van der Waals surface area contributed by atoms with Crippen LogP contribution in [0.5, 0.6) is 0 Å². The highest BCUT2D eigenvalue weighted by atomic mass is 35.5. The van der Waals surface area contributed by atoms with Gasteiger partial charge in [0.05, 0.1) is 6.04 Å². The molecule has 1 atom stereocenters. The van der Waals surface area contributed by atoms with Crippen molar-refractivity contribution in [2.45, 2.75) is 32.2 Å². The molecule has 1 fully saturated rings. The highest BCUT2D eigenvalue weighted by molar-refractivity contribution is 5.85. The fourth-order valence-electron chi connectivity index (χ4n) is 2.56. The van der Waals surface area contributed by atoms with Crippen molar-refractivity contribution in [3.8, 4) is 0 Å². The maximum Gasteiger partial charge on any atom is 0.223 e. The lowest BCUT2D eigenvalue weighted by atomic mass is 9.95. The molecule has 1 unspecified atom stereocenters. The van der Waals surface area contributed by atoms with E-state index in [1.807, 2.05) is 6.92 Å². The maximum atomic E-state index is 13.8. The van der Waals surface area contributed by atoms with Gasteiger partial charge in [-0.3, -0.25) is 4.79 Å². The third-order valence-corrected chi connectivity index (χ3v) is 3.77. The van der Waals surface area contributed by atoms with E-state index in [2.05, 4.69) is 10.6 Å². The Morgan fingerprint density at radius 2 is 2.05 bits per heavy atom. The highest BCUT2D eigenvalue weighted by Gasteiger charge is 2.24. The third kappa shape index (κ3) is 4.64. The lowest BCUT2D eigenvalue weighted by Gasteiger charge is -2.25. The summed E-state index contributed by atoms with van der Waals surface area (Å²) in [5.41, 5.74) is 0.217. The van der Waals surface area contributed by atoms with Crippen LogP contribution in [-0.4, -0.2) is 19.0 Å². The second-order valence-electron chi connectivity index (χ2n) is 5.16. The molecule has 1 saturated heterocycles. The molecule has 1 heterocycles. The fraction of sp³-hybridized carbons (Fsp3) is 0.533. The predicted octanol–water partition coefficient (Wildman–Crippen LogP) is 2.95. The largest absolute Gasteiger partial charge is 0.349 e. The van der Waals surface area contributed by atoms with Crippen molar-refractivity contribution in [2.24, 2.45) is 5.92 Å². The molecule has 3 nitrogen and oxygen atoms in total. The Hall–Kier alpha value is -1.20. The molecule has 1 aliphatic heterocycles. The van der Waals surface area contributed by atoms with Gasteiger partial charge in [-0.2, -0.15) is 0 Å². The summed E-state index contributed by atoms with van der Waals surface area (Å²) < 4.78 is 27.0. The van der Waals surface area contributed by atoms with Gasteiger partial charge in [0.1, 0.15) is 11.6 Å². The van der Waals surface area contributed by atoms with E-state index in [4.69, 9.17) is 0 Å². The molecule has 1 aromatic rings. The minimum Gasteiger partial charge on any atom is -0.349 e. The molecule has 1 aromatic carbocycles. The van der Waals surface area contributed by atoms with Crippen LogP contribution in [0.25, 0.3) is 0 Å². The first-order valence-electron chi connectivity index (χ1n) is 7.08. The van der Waals surface area contributed by atoms with E-state index in [-0.39, 0.29) is 29.8 Å². The zero-order valence-electron chi connectivity index (χ0n) is 12.0. The van der Waals surface area contributed by atoms with E-state index in [1.165, 1.54) is 0 Å². The molecule has 6 heteroatoms. The first kappa shape index (κ1) is 17.9.